The van der Waals surface area contributed by atoms with Crippen molar-refractivity contribution in [3.8, 4) is 11.1 Å². The Kier molecular flexibility index (Phi) is 5.04. The quantitative estimate of drug-likeness (QED) is 0.531. The van der Waals surface area contributed by atoms with Crippen LogP contribution in [0, 0.1) is 0 Å². The average molecular weight is 418 g/mol. The Morgan fingerprint density at radius 2 is 1.25 bits per heavy atom. The van der Waals surface area contributed by atoms with Crippen molar-refractivity contribution in [1.82, 2.24) is 5.32 Å². The number of hydrogen-bond donors (Lipinski definition) is 1. The van der Waals surface area contributed by atoms with Crippen LogP contribution in [0.4, 0.5) is 0 Å². The van der Waals surface area contributed by atoms with Gasteiger partial charge < -0.3 is 15.2 Å². The number of nitrogens with one attached hydrogen (secondary N) is 1. The molecule has 0 heterocycles. The van der Waals surface area contributed by atoms with Crippen LogP contribution in [-0.2, 0) is 4.79 Å². The molecule has 4 heteroatoms. The number of amides is 1. The summed E-state index contributed by atoms with van der Waals surface area (Å²) in [6.45, 7) is 0. The predicted molar refractivity (Wildman–Crippen MR) is 121 cm³/mol. The van der Waals surface area contributed by atoms with Crippen molar-refractivity contribution in [1.29, 1.82) is 0 Å². The third-order valence-corrected chi connectivity index (χ3v) is 5.98. The van der Waals surface area contributed by atoms with E-state index in [-0.39, 0.29) is 11.5 Å². The van der Waals surface area contributed by atoms with E-state index in [9.17, 15) is 14.7 Å². The summed E-state index contributed by atoms with van der Waals surface area (Å²) in [6.07, 6.45) is 0. The van der Waals surface area contributed by atoms with Gasteiger partial charge in [0.2, 0.25) is 5.91 Å². The number of benzene rings is 4. The SMILES string of the molecule is O=C([O-])c1cccc2c1-c1ccccc1[C@H]2NC(=O)C(c1ccccc1)c1ccccc1. The second-order valence-corrected chi connectivity index (χ2v) is 7.84. The molecule has 32 heavy (non-hydrogen) atoms. The van der Waals surface area contributed by atoms with Gasteiger partial charge in [0.15, 0.2) is 0 Å². The van der Waals surface area contributed by atoms with E-state index >= 15 is 0 Å². The number of carboxylic acids is 1. The van der Waals surface area contributed by atoms with Gasteiger partial charge in [-0.05, 0) is 33.4 Å². The molecule has 1 atom stereocenters. The first-order valence-corrected chi connectivity index (χ1v) is 10.5. The van der Waals surface area contributed by atoms with Gasteiger partial charge in [-0.1, -0.05) is 103 Å². The van der Waals surface area contributed by atoms with Crippen LogP contribution < -0.4 is 10.4 Å². The highest BCUT2D eigenvalue weighted by Crippen LogP contribution is 2.45. The minimum absolute atomic E-state index is 0.134. The first-order chi connectivity index (χ1) is 15.6. The summed E-state index contributed by atoms with van der Waals surface area (Å²) in [6, 6.07) is 31.6. The molecule has 1 amide bonds. The summed E-state index contributed by atoms with van der Waals surface area (Å²) in [5, 5.41) is 15.0. The van der Waals surface area contributed by atoms with Gasteiger partial charge in [0, 0.05) is 5.56 Å². The fourth-order valence-corrected chi connectivity index (χ4v) is 4.59. The molecule has 1 aliphatic carbocycles. The maximum absolute atomic E-state index is 13.7. The molecule has 0 saturated carbocycles. The van der Waals surface area contributed by atoms with E-state index in [1.54, 1.807) is 12.1 Å². The van der Waals surface area contributed by atoms with Gasteiger partial charge in [-0.15, -0.1) is 0 Å². The predicted octanol–water partition coefficient (Wildman–Crippen LogP) is 4.07. The smallest absolute Gasteiger partial charge is 0.232 e. The molecular weight excluding hydrogens is 398 g/mol. The summed E-state index contributed by atoms with van der Waals surface area (Å²) in [7, 11) is 0. The monoisotopic (exact) mass is 418 g/mol. The van der Waals surface area contributed by atoms with Crippen LogP contribution in [0.1, 0.15) is 44.6 Å². The molecule has 0 unspecified atom stereocenters. The van der Waals surface area contributed by atoms with Crippen LogP contribution >= 0.6 is 0 Å². The lowest BCUT2D eigenvalue weighted by atomic mass is 9.90. The van der Waals surface area contributed by atoms with E-state index < -0.39 is 17.9 Å². The van der Waals surface area contributed by atoms with Crippen molar-refractivity contribution >= 4 is 11.9 Å². The standard InChI is InChI=1S/C28H21NO3/c30-27(24(18-10-3-1-4-11-18)19-12-5-2-6-13-19)29-26-21-15-8-7-14-20(21)25-22(26)16-9-17-23(25)28(31)32/h1-17,24,26H,(H,29,30)(H,31,32)/p-1/t26-/m1/s1. The number of aromatic carboxylic acids is 1. The Morgan fingerprint density at radius 3 is 1.88 bits per heavy atom. The summed E-state index contributed by atoms with van der Waals surface area (Å²) >= 11 is 0. The van der Waals surface area contributed by atoms with Crippen LogP contribution in [-0.4, -0.2) is 11.9 Å². The van der Waals surface area contributed by atoms with Crippen molar-refractivity contribution in [3.63, 3.8) is 0 Å². The fraction of sp³-hybridized carbons (Fsp3) is 0.0714. The molecule has 0 bridgehead atoms. The molecule has 0 spiro atoms. The van der Waals surface area contributed by atoms with Gasteiger partial charge in [-0.25, -0.2) is 0 Å². The summed E-state index contributed by atoms with van der Waals surface area (Å²) < 4.78 is 0. The Bertz CT molecular complexity index is 1260. The third kappa shape index (κ3) is 3.36. The Balaban J connectivity index is 1.58. The van der Waals surface area contributed by atoms with Crippen molar-refractivity contribution in [3.05, 3.63) is 131 Å². The van der Waals surface area contributed by atoms with E-state index in [1.807, 2.05) is 91.0 Å². The first kappa shape index (κ1) is 19.8. The Labute approximate surface area is 186 Å². The minimum Gasteiger partial charge on any atom is -0.545 e. The van der Waals surface area contributed by atoms with Crippen LogP contribution in [0.3, 0.4) is 0 Å². The van der Waals surface area contributed by atoms with Gasteiger partial charge in [0.1, 0.15) is 0 Å². The van der Waals surface area contributed by atoms with Crippen molar-refractivity contribution in [2.45, 2.75) is 12.0 Å². The zero-order valence-electron chi connectivity index (χ0n) is 17.2. The zero-order chi connectivity index (χ0) is 22.1. The van der Waals surface area contributed by atoms with E-state index in [0.29, 0.717) is 5.56 Å². The molecule has 0 aromatic heterocycles. The number of carboxylic acid groups (broad SMARTS) is 1. The van der Waals surface area contributed by atoms with Gasteiger partial charge in [0.25, 0.3) is 0 Å². The lowest BCUT2D eigenvalue weighted by molar-refractivity contribution is -0.254. The molecule has 1 N–H and O–H groups in total. The van der Waals surface area contributed by atoms with E-state index in [4.69, 9.17) is 0 Å². The van der Waals surface area contributed by atoms with Gasteiger partial charge >= 0.3 is 0 Å². The van der Waals surface area contributed by atoms with Crippen LogP contribution in [0.5, 0.6) is 0 Å². The number of hydrogen-bond acceptors (Lipinski definition) is 3. The lowest BCUT2D eigenvalue weighted by Gasteiger charge is -2.22. The van der Waals surface area contributed by atoms with Crippen molar-refractivity contribution in [2.24, 2.45) is 0 Å². The molecule has 156 valence electrons. The summed E-state index contributed by atoms with van der Waals surface area (Å²) in [5.41, 5.74) is 4.99. The molecule has 0 saturated heterocycles. The molecule has 4 aromatic rings. The molecule has 5 rings (SSSR count). The van der Waals surface area contributed by atoms with E-state index in [1.165, 1.54) is 0 Å². The lowest BCUT2D eigenvalue weighted by Crippen LogP contribution is -2.33. The Morgan fingerprint density at radius 1 is 0.688 bits per heavy atom. The number of carbonyl (C=O) groups excluding carboxylic acids is 2. The van der Waals surface area contributed by atoms with Crippen molar-refractivity contribution in [2.75, 3.05) is 0 Å². The minimum atomic E-state index is -1.23. The molecule has 4 nitrogen and oxygen atoms in total. The molecule has 0 fully saturated rings. The molecule has 0 radical (unpaired) electrons. The van der Waals surface area contributed by atoms with Crippen LogP contribution in [0.2, 0.25) is 0 Å². The third-order valence-electron chi connectivity index (χ3n) is 5.98. The van der Waals surface area contributed by atoms with E-state index in [2.05, 4.69) is 5.32 Å². The van der Waals surface area contributed by atoms with Gasteiger partial charge in [-0.2, -0.15) is 0 Å². The Hall–Kier alpha value is -4.18. The fourth-order valence-electron chi connectivity index (χ4n) is 4.59. The molecule has 1 aliphatic rings. The highest BCUT2D eigenvalue weighted by Gasteiger charge is 2.33. The first-order valence-electron chi connectivity index (χ1n) is 10.5. The second-order valence-electron chi connectivity index (χ2n) is 7.84. The normalized spacial score (nSPS) is 14.0. The zero-order valence-corrected chi connectivity index (χ0v) is 17.2. The topological polar surface area (TPSA) is 69.2 Å². The molecule has 4 aromatic carbocycles. The number of fused-ring (bicyclic) bond motifs is 3. The van der Waals surface area contributed by atoms with Crippen LogP contribution in [0.15, 0.2) is 103 Å². The van der Waals surface area contributed by atoms with Gasteiger partial charge in [-0.3, -0.25) is 4.79 Å². The summed E-state index contributed by atoms with van der Waals surface area (Å²) in [4.78, 5) is 25.5. The number of carbonyl (C=O) groups is 2. The highest BCUT2D eigenvalue weighted by molar-refractivity contribution is 5.99. The maximum Gasteiger partial charge on any atom is 0.232 e. The molecular formula is C28H20NO3-. The van der Waals surface area contributed by atoms with E-state index in [0.717, 1.165) is 27.8 Å². The maximum atomic E-state index is 13.7. The average Bonchev–Trinajstić information content (AvgIpc) is 3.14. The summed E-state index contributed by atoms with van der Waals surface area (Å²) in [5.74, 6) is -1.86. The highest BCUT2D eigenvalue weighted by atomic mass is 16.4. The van der Waals surface area contributed by atoms with Gasteiger partial charge in [0.05, 0.1) is 17.9 Å². The van der Waals surface area contributed by atoms with Crippen LogP contribution in [0.25, 0.3) is 11.1 Å². The largest absolute Gasteiger partial charge is 0.545 e. The second kappa shape index (κ2) is 8.16. The van der Waals surface area contributed by atoms with Crippen molar-refractivity contribution < 1.29 is 14.7 Å². The molecule has 0 aliphatic heterocycles. The number of rotatable bonds is 5.